The molecule has 114 valence electrons. The SMILES string of the molecule is Cc1ccc(-c2cc(C(=O)Nc3cccnc3)ccc2Cl)cc1. The molecule has 0 aliphatic heterocycles. The topological polar surface area (TPSA) is 42.0 Å². The molecule has 0 saturated heterocycles. The summed E-state index contributed by atoms with van der Waals surface area (Å²) in [6.07, 6.45) is 3.27. The highest BCUT2D eigenvalue weighted by Crippen LogP contribution is 2.29. The molecule has 3 nitrogen and oxygen atoms in total. The van der Waals surface area contributed by atoms with Crippen molar-refractivity contribution in [2.45, 2.75) is 6.92 Å². The van der Waals surface area contributed by atoms with Crippen LogP contribution >= 0.6 is 11.6 Å². The Hall–Kier alpha value is -2.65. The smallest absolute Gasteiger partial charge is 0.255 e. The predicted molar refractivity (Wildman–Crippen MR) is 93.8 cm³/mol. The third kappa shape index (κ3) is 3.58. The minimum Gasteiger partial charge on any atom is -0.321 e. The van der Waals surface area contributed by atoms with Gasteiger partial charge < -0.3 is 5.32 Å². The van der Waals surface area contributed by atoms with Crippen LogP contribution in [0.1, 0.15) is 15.9 Å². The van der Waals surface area contributed by atoms with Crippen LogP contribution in [-0.4, -0.2) is 10.9 Å². The van der Waals surface area contributed by atoms with Crippen LogP contribution in [0.5, 0.6) is 0 Å². The lowest BCUT2D eigenvalue weighted by atomic mass is 10.0. The minimum absolute atomic E-state index is 0.192. The van der Waals surface area contributed by atoms with Gasteiger partial charge >= 0.3 is 0 Å². The molecule has 0 radical (unpaired) electrons. The Balaban J connectivity index is 1.91. The summed E-state index contributed by atoms with van der Waals surface area (Å²) in [6, 6.07) is 16.9. The largest absolute Gasteiger partial charge is 0.321 e. The number of anilines is 1. The standard InChI is InChI=1S/C19H15ClN2O/c1-13-4-6-14(7-5-13)17-11-15(8-9-18(17)20)19(23)22-16-3-2-10-21-12-16/h2-12H,1H3,(H,22,23). The number of nitrogens with one attached hydrogen (secondary N) is 1. The van der Waals surface area contributed by atoms with Gasteiger partial charge in [0.1, 0.15) is 0 Å². The van der Waals surface area contributed by atoms with Gasteiger partial charge in [-0.15, -0.1) is 0 Å². The van der Waals surface area contributed by atoms with E-state index in [1.165, 1.54) is 5.56 Å². The number of rotatable bonds is 3. The Labute approximate surface area is 140 Å². The van der Waals surface area contributed by atoms with Crippen molar-refractivity contribution in [1.29, 1.82) is 0 Å². The Bertz CT molecular complexity index is 830. The van der Waals surface area contributed by atoms with Crippen molar-refractivity contribution in [3.63, 3.8) is 0 Å². The van der Waals surface area contributed by atoms with E-state index in [9.17, 15) is 4.79 Å². The van der Waals surface area contributed by atoms with Crippen molar-refractivity contribution in [1.82, 2.24) is 4.98 Å². The van der Waals surface area contributed by atoms with Gasteiger partial charge in [0.2, 0.25) is 0 Å². The zero-order valence-electron chi connectivity index (χ0n) is 12.6. The number of carbonyl (C=O) groups is 1. The van der Waals surface area contributed by atoms with Gasteiger partial charge in [0, 0.05) is 22.3 Å². The summed E-state index contributed by atoms with van der Waals surface area (Å²) in [5.74, 6) is -0.192. The van der Waals surface area contributed by atoms with Gasteiger partial charge in [0.25, 0.3) is 5.91 Å². The van der Waals surface area contributed by atoms with Crippen molar-refractivity contribution in [3.8, 4) is 11.1 Å². The molecular weight excluding hydrogens is 308 g/mol. The van der Waals surface area contributed by atoms with E-state index < -0.39 is 0 Å². The maximum Gasteiger partial charge on any atom is 0.255 e. The lowest BCUT2D eigenvalue weighted by Crippen LogP contribution is -2.12. The van der Waals surface area contributed by atoms with Crippen molar-refractivity contribution >= 4 is 23.2 Å². The maximum atomic E-state index is 12.4. The van der Waals surface area contributed by atoms with Gasteiger partial charge in [-0.25, -0.2) is 0 Å². The summed E-state index contributed by atoms with van der Waals surface area (Å²) in [5.41, 5.74) is 4.20. The van der Waals surface area contributed by atoms with E-state index in [4.69, 9.17) is 11.6 Å². The molecule has 0 aliphatic carbocycles. The van der Waals surface area contributed by atoms with Crippen molar-refractivity contribution in [2.75, 3.05) is 5.32 Å². The number of aromatic nitrogens is 1. The van der Waals surface area contributed by atoms with E-state index in [2.05, 4.69) is 10.3 Å². The molecule has 1 heterocycles. The quantitative estimate of drug-likeness (QED) is 0.740. The summed E-state index contributed by atoms with van der Waals surface area (Å²) in [7, 11) is 0. The van der Waals surface area contributed by atoms with Crippen LogP contribution < -0.4 is 5.32 Å². The molecule has 3 aromatic rings. The van der Waals surface area contributed by atoms with Crippen molar-refractivity contribution in [2.24, 2.45) is 0 Å². The molecular formula is C19H15ClN2O. The highest BCUT2D eigenvalue weighted by molar-refractivity contribution is 6.33. The van der Waals surface area contributed by atoms with Crippen LogP contribution in [-0.2, 0) is 0 Å². The molecule has 0 fully saturated rings. The molecule has 1 amide bonds. The Morgan fingerprint density at radius 3 is 2.57 bits per heavy atom. The van der Waals surface area contributed by atoms with Crippen LogP contribution in [0.2, 0.25) is 5.02 Å². The average molecular weight is 323 g/mol. The highest BCUT2D eigenvalue weighted by Gasteiger charge is 2.10. The predicted octanol–water partition coefficient (Wildman–Crippen LogP) is 4.96. The molecule has 23 heavy (non-hydrogen) atoms. The Morgan fingerprint density at radius 2 is 1.87 bits per heavy atom. The van der Waals surface area contributed by atoms with Gasteiger partial charge in [-0.05, 0) is 42.8 Å². The minimum atomic E-state index is -0.192. The van der Waals surface area contributed by atoms with Gasteiger partial charge in [-0.2, -0.15) is 0 Å². The van der Waals surface area contributed by atoms with Crippen LogP contribution in [0.4, 0.5) is 5.69 Å². The van der Waals surface area contributed by atoms with E-state index in [-0.39, 0.29) is 5.91 Å². The first-order chi connectivity index (χ1) is 11.1. The van der Waals surface area contributed by atoms with Gasteiger partial charge in [-0.3, -0.25) is 9.78 Å². The van der Waals surface area contributed by atoms with Crippen molar-refractivity contribution in [3.05, 3.63) is 83.1 Å². The fourth-order valence-corrected chi connectivity index (χ4v) is 2.49. The number of nitrogens with zero attached hydrogens (tertiary/aromatic N) is 1. The van der Waals surface area contributed by atoms with Gasteiger partial charge in [-0.1, -0.05) is 41.4 Å². The van der Waals surface area contributed by atoms with E-state index in [1.54, 1.807) is 42.7 Å². The number of pyridine rings is 1. The number of benzene rings is 2. The first kappa shape index (κ1) is 15.3. The summed E-state index contributed by atoms with van der Waals surface area (Å²) < 4.78 is 0. The number of hydrogen-bond donors (Lipinski definition) is 1. The van der Waals surface area contributed by atoms with Crippen LogP contribution in [0.3, 0.4) is 0 Å². The first-order valence-electron chi connectivity index (χ1n) is 7.21. The van der Waals surface area contributed by atoms with Crippen molar-refractivity contribution < 1.29 is 4.79 Å². The molecule has 0 atom stereocenters. The number of carbonyl (C=O) groups excluding carboxylic acids is 1. The third-order valence-corrected chi connectivity index (χ3v) is 3.84. The van der Waals surface area contributed by atoms with Gasteiger partial charge in [0.05, 0.1) is 11.9 Å². The second kappa shape index (κ2) is 6.63. The summed E-state index contributed by atoms with van der Waals surface area (Å²) in [4.78, 5) is 16.4. The lowest BCUT2D eigenvalue weighted by Gasteiger charge is -2.09. The summed E-state index contributed by atoms with van der Waals surface area (Å²) >= 11 is 6.29. The fourth-order valence-electron chi connectivity index (χ4n) is 2.26. The third-order valence-electron chi connectivity index (χ3n) is 3.51. The van der Waals surface area contributed by atoms with Crippen LogP contribution in [0.25, 0.3) is 11.1 Å². The van der Waals surface area contributed by atoms with Crippen LogP contribution in [0.15, 0.2) is 67.0 Å². The fraction of sp³-hybridized carbons (Fsp3) is 0.0526. The average Bonchev–Trinajstić information content (AvgIpc) is 2.57. The highest BCUT2D eigenvalue weighted by atomic mass is 35.5. The van der Waals surface area contributed by atoms with E-state index in [0.29, 0.717) is 16.3 Å². The molecule has 1 aromatic heterocycles. The van der Waals surface area contributed by atoms with Gasteiger partial charge in [0.15, 0.2) is 0 Å². The number of halogens is 1. The Morgan fingerprint density at radius 1 is 1.09 bits per heavy atom. The molecule has 3 rings (SSSR count). The zero-order chi connectivity index (χ0) is 16.2. The van der Waals surface area contributed by atoms with E-state index in [0.717, 1.165) is 11.1 Å². The second-order valence-corrected chi connectivity index (χ2v) is 5.66. The molecule has 0 spiro atoms. The summed E-state index contributed by atoms with van der Waals surface area (Å²) in [5, 5.41) is 3.44. The summed E-state index contributed by atoms with van der Waals surface area (Å²) in [6.45, 7) is 2.03. The molecule has 0 unspecified atom stereocenters. The van der Waals surface area contributed by atoms with E-state index >= 15 is 0 Å². The van der Waals surface area contributed by atoms with Crippen LogP contribution in [0, 0.1) is 6.92 Å². The molecule has 4 heteroatoms. The monoisotopic (exact) mass is 322 g/mol. The Kier molecular flexibility index (Phi) is 4.40. The number of amides is 1. The maximum absolute atomic E-state index is 12.4. The lowest BCUT2D eigenvalue weighted by molar-refractivity contribution is 0.102. The molecule has 0 aliphatic rings. The molecule has 2 aromatic carbocycles. The first-order valence-corrected chi connectivity index (χ1v) is 7.59. The van der Waals surface area contributed by atoms with E-state index in [1.807, 2.05) is 31.2 Å². The second-order valence-electron chi connectivity index (χ2n) is 5.26. The molecule has 0 saturated carbocycles. The number of hydrogen-bond acceptors (Lipinski definition) is 2. The number of aryl methyl sites for hydroxylation is 1. The zero-order valence-corrected chi connectivity index (χ0v) is 13.3. The molecule has 0 bridgehead atoms. The normalized spacial score (nSPS) is 10.3. The molecule has 1 N–H and O–H groups in total.